The van der Waals surface area contributed by atoms with Gasteiger partial charge in [-0.15, -0.1) is 0 Å². The minimum atomic E-state index is -0.487. The summed E-state index contributed by atoms with van der Waals surface area (Å²) in [5, 5.41) is 2.87. The first-order valence-corrected chi connectivity index (χ1v) is 9.47. The summed E-state index contributed by atoms with van der Waals surface area (Å²) in [6, 6.07) is 7.80. The molecule has 2 aromatic rings. The van der Waals surface area contributed by atoms with Gasteiger partial charge in [-0.25, -0.2) is 14.8 Å². The molecule has 1 amide bonds. The first-order chi connectivity index (χ1) is 12.9. The van der Waals surface area contributed by atoms with Crippen LogP contribution in [0.4, 0.5) is 10.6 Å². The van der Waals surface area contributed by atoms with Gasteiger partial charge in [-0.3, -0.25) is 0 Å². The number of rotatable bonds is 5. The van der Waals surface area contributed by atoms with Crippen molar-refractivity contribution in [2.75, 3.05) is 31.1 Å². The Morgan fingerprint density at radius 2 is 1.96 bits per heavy atom. The van der Waals surface area contributed by atoms with Crippen molar-refractivity contribution in [3.63, 3.8) is 0 Å². The molecule has 1 atom stereocenters. The Balaban J connectivity index is 1.67. The standard InChI is InChI=1S/C20H28N4O3/c1-5-26-18-17(22-15-8-6-7-9-16(15)23-18)24-11-10-14(13-24)12-21-19(25)27-20(2,3)4/h6-9,14H,5,10-13H2,1-4H3,(H,21,25)/t14-/m0/s1. The van der Waals surface area contributed by atoms with Crippen LogP contribution in [0, 0.1) is 5.92 Å². The van der Waals surface area contributed by atoms with E-state index in [1.54, 1.807) is 0 Å². The van der Waals surface area contributed by atoms with Crippen molar-refractivity contribution in [3.8, 4) is 5.88 Å². The summed E-state index contributed by atoms with van der Waals surface area (Å²) >= 11 is 0. The molecule has 1 aromatic heterocycles. The summed E-state index contributed by atoms with van der Waals surface area (Å²) in [6.07, 6.45) is 0.594. The van der Waals surface area contributed by atoms with Gasteiger partial charge in [0, 0.05) is 19.6 Å². The van der Waals surface area contributed by atoms with Crippen LogP contribution in [-0.2, 0) is 4.74 Å². The molecular formula is C20H28N4O3. The van der Waals surface area contributed by atoms with Crippen LogP contribution in [0.2, 0.25) is 0 Å². The zero-order valence-corrected chi connectivity index (χ0v) is 16.5. The van der Waals surface area contributed by atoms with E-state index < -0.39 is 5.60 Å². The average Bonchev–Trinajstić information content (AvgIpc) is 3.07. The number of hydrogen-bond acceptors (Lipinski definition) is 6. The predicted octanol–water partition coefficient (Wildman–Crippen LogP) is 3.38. The second kappa shape index (κ2) is 7.98. The molecule has 1 saturated heterocycles. The number of carbonyl (C=O) groups is 1. The van der Waals surface area contributed by atoms with E-state index in [2.05, 4.69) is 15.2 Å². The molecule has 27 heavy (non-hydrogen) atoms. The van der Waals surface area contributed by atoms with Crippen molar-refractivity contribution in [2.24, 2.45) is 5.92 Å². The van der Waals surface area contributed by atoms with Crippen LogP contribution < -0.4 is 15.0 Å². The molecular weight excluding hydrogens is 344 g/mol. The van der Waals surface area contributed by atoms with Crippen LogP contribution in [0.3, 0.4) is 0 Å². The molecule has 7 nitrogen and oxygen atoms in total. The highest BCUT2D eigenvalue weighted by Gasteiger charge is 2.27. The predicted molar refractivity (Wildman–Crippen MR) is 105 cm³/mol. The number of aromatic nitrogens is 2. The van der Waals surface area contributed by atoms with Crippen LogP contribution >= 0.6 is 0 Å². The monoisotopic (exact) mass is 372 g/mol. The van der Waals surface area contributed by atoms with Gasteiger partial charge in [0.1, 0.15) is 5.60 Å². The second-order valence-electron chi connectivity index (χ2n) is 7.76. The smallest absolute Gasteiger partial charge is 0.407 e. The Bertz CT molecular complexity index is 803. The quantitative estimate of drug-likeness (QED) is 0.867. The Kier molecular flexibility index (Phi) is 5.68. The largest absolute Gasteiger partial charge is 0.475 e. The number of carbonyl (C=O) groups excluding carboxylic acids is 1. The molecule has 0 aliphatic carbocycles. The Morgan fingerprint density at radius 1 is 1.26 bits per heavy atom. The van der Waals surface area contributed by atoms with Crippen LogP contribution in [0.1, 0.15) is 34.1 Å². The van der Waals surface area contributed by atoms with Gasteiger partial charge in [0.2, 0.25) is 0 Å². The molecule has 2 heterocycles. The number of ether oxygens (including phenoxy) is 2. The van der Waals surface area contributed by atoms with Crippen LogP contribution in [0.5, 0.6) is 5.88 Å². The van der Waals surface area contributed by atoms with Gasteiger partial charge < -0.3 is 19.7 Å². The average molecular weight is 372 g/mol. The molecule has 1 N–H and O–H groups in total. The summed E-state index contributed by atoms with van der Waals surface area (Å²) in [7, 11) is 0. The van der Waals surface area contributed by atoms with Gasteiger partial charge in [-0.2, -0.15) is 0 Å². The maximum absolute atomic E-state index is 11.9. The highest BCUT2D eigenvalue weighted by Crippen LogP contribution is 2.31. The van der Waals surface area contributed by atoms with E-state index in [-0.39, 0.29) is 6.09 Å². The first kappa shape index (κ1) is 19.2. The number of nitrogens with zero attached hydrogens (tertiary/aromatic N) is 3. The molecule has 1 aromatic carbocycles. The lowest BCUT2D eigenvalue weighted by Crippen LogP contribution is -2.36. The molecule has 7 heteroatoms. The summed E-state index contributed by atoms with van der Waals surface area (Å²) in [5.74, 6) is 1.67. The summed E-state index contributed by atoms with van der Waals surface area (Å²) in [4.78, 5) is 23.5. The van der Waals surface area contributed by atoms with Gasteiger partial charge in [-0.05, 0) is 52.2 Å². The molecule has 1 aliphatic heterocycles. The molecule has 0 unspecified atom stereocenters. The zero-order chi connectivity index (χ0) is 19.4. The van der Waals surface area contributed by atoms with E-state index in [1.807, 2.05) is 52.0 Å². The Morgan fingerprint density at radius 3 is 2.63 bits per heavy atom. The van der Waals surface area contributed by atoms with Gasteiger partial charge in [0.15, 0.2) is 5.82 Å². The topological polar surface area (TPSA) is 76.6 Å². The molecule has 1 fully saturated rings. The number of para-hydroxylation sites is 2. The molecule has 0 bridgehead atoms. The van der Waals surface area contributed by atoms with Crippen molar-refractivity contribution in [1.29, 1.82) is 0 Å². The van der Waals surface area contributed by atoms with Gasteiger partial charge >= 0.3 is 6.09 Å². The first-order valence-electron chi connectivity index (χ1n) is 9.47. The van der Waals surface area contributed by atoms with E-state index in [1.165, 1.54) is 0 Å². The van der Waals surface area contributed by atoms with Crippen molar-refractivity contribution in [2.45, 2.75) is 39.7 Å². The zero-order valence-electron chi connectivity index (χ0n) is 16.5. The van der Waals surface area contributed by atoms with E-state index in [4.69, 9.17) is 14.5 Å². The third-order valence-electron chi connectivity index (χ3n) is 4.32. The third-order valence-corrected chi connectivity index (χ3v) is 4.32. The highest BCUT2D eigenvalue weighted by molar-refractivity contribution is 5.77. The molecule has 3 rings (SSSR count). The maximum Gasteiger partial charge on any atom is 0.407 e. The van der Waals surface area contributed by atoms with E-state index in [9.17, 15) is 4.79 Å². The van der Waals surface area contributed by atoms with Gasteiger partial charge in [0.25, 0.3) is 5.88 Å². The maximum atomic E-state index is 11.9. The fraction of sp³-hybridized carbons (Fsp3) is 0.550. The van der Waals surface area contributed by atoms with E-state index in [0.717, 1.165) is 36.4 Å². The minimum Gasteiger partial charge on any atom is -0.475 e. The van der Waals surface area contributed by atoms with Crippen LogP contribution in [0.25, 0.3) is 11.0 Å². The fourth-order valence-corrected chi connectivity index (χ4v) is 3.15. The number of alkyl carbamates (subject to hydrolysis) is 1. The van der Waals surface area contributed by atoms with Crippen molar-refractivity contribution in [1.82, 2.24) is 15.3 Å². The number of benzene rings is 1. The lowest BCUT2D eigenvalue weighted by atomic mass is 10.1. The van der Waals surface area contributed by atoms with Crippen molar-refractivity contribution >= 4 is 22.9 Å². The number of fused-ring (bicyclic) bond motifs is 1. The SMILES string of the molecule is CCOc1nc2ccccc2nc1N1CC[C@@H](CNC(=O)OC(C)(C)C)C1. The third kappa shape index (κ3) is 4.99. The van der Waals surface area contributed by atoms with Crippen LogP contribution in [0.15, 0.2) is 24.3 Å². The summed E-state index contributed by atoms with van der Waals surface area (Å²) < 4.78 is 11.0. The number of nitrogens with one attached hydrogen (secondary N) is 1. The molecule has 0 saturated carbocycles. The van der Waals surface area contributed by atoms with E-state index in [0.29, 0.717) is 24.9 Å². The second-order valence-corrected chi connectivity index (χ2v) is 7.76. The summed E-state index contributed by atoms with van der Waals surface area (Å²) in [6.45, 7) is 10.3. The number of amides is 1. The molecule has 0 radical (unpaired) electrons. The fourth-order valence-electron chi connectivity index (χ4n) is 3.15. The van der Waals surface area contributed by atoms with Crippen molar-refractivity contribution in [3.05, 3.63) is 24.3 Å². The minimum absolute atomic E-state index is 0.334. The van der Waals surface area contributed by atoms with Gasteiger partial charge in [0.05, 0.1) is 17.6 Å². The summed E-state index contributed by atoms with van der Waals surface area (Å²) in [5.41, 5.74) is 1.19. The normalized spacial score (nSPS) is 17.2. The van der Waals surface area contributed by atoms with E-state index >= 15 is 0 Å². The molecule has 0 spiro atoms. The Labute approximate surface area is 160 Å². The van der Waals surface area contributed by atoms with Crippen molar-refractivity contribution < 1.29 is 14.3 Å². The Hall–Kier alpha value is -2.57. The number of hydrogen-bond donors (Lipinski definition) is 1. The van der Waals surface area contributed by atoms with Crippen LogP contribution in [-0.4, -0.2) is 47.9 Å². The van der Waals surface area contributed by atoms with Gasteiger partial charge in [-0.1, -0.05) is 12.1 Å². The lowest BCUT2D eigenvalue weighted by molar-refractivity contribution is 0.0520. The molecule has 1 aliphatic rings. The molecule has 146 valence electrons. The highest BCUT2D eigenvalue weighted by atomic mass is 16.6. The number of anilines is 1. The lowest BCUT2D eigenvalue weighted by Gasteiger charge is -2.22.